The number of H-pyrrole nitrogens is 2. The zero-order valence-electron chi connectivity index (χ0n) is 12.4. The largest absolute Gasteiger partial charge is 0.382 e. The number of Topliss-reactive ketones (excluding diaryl/α,β-unsaturated/α-hetero) is 1. The summed E-state index contributed by atoms with van der Waals surface area (Å²) < 4.78 is 0. The second-order valence-corrected chi connectivity index (χ2v) is 5.98. The Bertz CT molecular complexity index is 1070. The van der Waals surface area contributed by atoms with Crippen molar-refractivity contribution in [2.75, 3.05) is 11.9 Å². The fourth-order valence-electron chi connectivity index (χ4n) is 3.52. The summed E-state index contributed by atoms with van der Waals surface area (Å²) >= 11 is 0. The van der Waals surface area contributed by atoms with Crippen LogP contribution in [-0.4, -0.2) is 22.3 Å². The van der Waals surface area contributed by atoms with Crippen molar-refractivity contribution in [2.45, 2.75) is 6.42 Å². The number of anilines is 1. The van der Waals surface area contributed by atoms with Gasteiger partial charge < -0.3 is 15.3 Å². The summed E-state index contributed by atoms with van der Waals surface area (Å²) in [7, 11) is 0. The fraction of sp³-hybridized carbons (Fsp3) is 0.105. The summed E-state index contributed by atoms with van der Waals surface area (Å²) in [5, 5.41) is 5.64. The molecule has 3 heterocycles. The number of carbonyl (C=O) groups is 1. The lowest BCUT2D eigenvalue weighted by molar-refractivity contribution is 0.0989. The molecule has 4 nitrogen and oxygen atoms in total. The molecule has 4 aromatic rings. The van der Waals surface area contributed by atoms with Crippen LogP contribution in [-0.2, 0) is 0 Å². The minimum atomic E-state index is 0.202. The number of aromatic amines is 2. The van der Waals surface area contributed by atoms with Crippen molar-refractivity contribution in [1.82, 2.24) is 9.97 Å². The first-order valence-electron chi connectivity index (χ1n) is 7.80. The average Bonchev–Trinajstić information content (AvgIpc) is 3.13. The maximum absolute atomic E-state index is 12.3. The molecule has 0 spiro atoms. The second kappa shape index (κ2) is 4.49. The predicted molar refractivity (Wildman–Crippen MR) is 93.0 cm³/mol. The van der Waals surface area contributed by atoms with E-state index in [-0.39, 0.29) is 5.78 Å². The molecule has 0 fully saturated rings. The standard InChI is InChI=1S/C19H15N3O/c23-16-7-9-21-19-17-13(16)2-1-3-15(17)22-18(19)12-4-5-14-11(10-12)6-8-20-14/h1-6,8,10,20-22H,7,9H2. The lowest BCUT2D eigenvalue weighted by Gasteiger charge is -2.06. The lowest BCUT2D eigenvalue weighted by atomic mass is 10.0. The Labute approximate surface area is 132 Å². The van der Waals surface area contributed by atoms with E-state index in [1.165, 1.54) is 5.39 Å². The van der Waals surface area contributed by atoms with Crippen LogP contribution in [0.25, 0.3) is 33.1 Å². The summed E-state index contributed by atoms with van der Waals surface area (Å²) in [6.45, 7) is 0.667. The Morgan fingerprint density at radius 1 is 1.00 bits per heavy atom. The third-order valence-corrected chi connectivity index (χ3v) is 4.62. The van der Waals surface area contributed by atoms with Gasteiger partial charge in [-0.15, -0.1) is 0 Å². The van der Waals surface area contributed by atoms with E-state index < -0.39 is 0 Å². The van der Waals surface area contributed by atoms with Crippen molar-refractivity contribution in [3.05, 3.63) is 54.2 Å². The van der Waals surface area contributed by atoms with E-state index in [1.54, 1.807) is 0 Å². The van der Waals surface area contributed by atoms with Crippen molar-refractivity contribution in [3.63, 3.8) is 0 Å². The van der Waals surface area contributed by atoms with Gasteiger partial charge in [0.05, 0.1) is 11.4 Å². The van der Waals surface area contributed by atoms with Crippen molar-refractivity contribution in [1.29, 1.82) is 0 Å². The van der Waals surface area contributed by atoms with Crippen LogP contribution >= 0.6 is 0 Å². The van der Waals surface area contributed by atoms with Gasteiger partial charge in [-0.2, -0.15) is 0 Å². The molecule has 0 saturated carbocycles. The molecule has 0 unspecified atom stereocenters. The van der Waals surface area contributed by atoms with Crippen LogP contribution in [0.2, 0.25) is 0 Å². The Balaban J connectivity index is 1.83. The first-order valence-corrected chi connectivity index (χ1v) is 7.80. The Hall–Kier alpha value is -3.01. The smallest absolute Gasteiger partial charge is 0.165 e. The SMILES string of the molecule is O=C1CCNc2c(-c3ccc4[nH]ccc4c3)[nH]c3cccc1c23. The van der Waals surface area contributed by atoms with E-state index in [0.717, 1.165) is 38.9 Å². The van der Waals surface area contributed by atoms with Crippen LogP contribution in [0.4, 0.5) is 5.69 Å². The summed E-state index contributed by atoms with van der Waals surface area (Å²) in [4.78, 5) is 19.0. The maximum atomic E-state index is 12.3. The number of rotatable bonds is 1. The summed E-state index contributed by atoms with van der Waals surface area (Å²) in [5.41, 5.74) is 6.15. The molecule has 112 valence electrons. The number of nitrogens with one attached hydrogen (secondary N) is 3. The van der Waals surface area contributed by atoms with Gasteiger partial charge in [-0.1, -0.05) is 18.2 Å². The summed E-state index contributed by atoms with van der Waals surface area (Å²) in [6.07, 6.45) is 2.48. The Kier molecular flexibility index (Phi) is 2.45. The van der Waals surface area contributed by atoms with Gasteiger partial charge in [0, 0.05) is 52.1 Å². The quantitative estimate of drug-likeness (QED) is 0.490. The number of benzene rings is 2. The zero-order valence-corrected chi connectivity index (χ0v) is 12.4. The summed E-state index contributed by atoms with van der Waals surface area (Å²) in [5.74, 6) is 0.202. The molecular weight excluding hydrogens is 286 g/mol. The minimum absolute atomic E-state index is 0.202. The first kappa shape index (κ1) is 12.5. The monoisotopic (exact) mass is 301 g/mol. The third kappa shape index (κ3) is 1.75. The van der Waals surface area contributed by atoms with Crippen molar-refractivity contribution >= 4 is 33.3 Å². The van der Waals surface area contributed by atoms with Gasteiger partial charge >= 0.3 is 0 Å². The molecule has 1 aliphatic heterocycles. The highest BCUT2D eigenvalue weighted by molar-refractivity contribution is 6.16. The van der Waals surface area contributed by atoms with Gasteiger partial charge in [0.2, 0.25) is 0 Å². The van der Waals surface area contributed by atoms with Gasteiger partial charge in [0.1, 0.15) is 0 Å². The average molecular weight is 301 g/mol. The van der Waals surface area contributed by atoms with Crippen LogP contribution in [0.1, 0.15) is 16.8 Å². The van der Waals surface area contributed by atoms with E-state index >= 15 is 0 Å². The third-order valence-electron chi connectivity index (χ3n) is 4.62. The van der Waals surface area contributed by atoms with Gasteiger partial charge in [-0.05, 0) is 24.3 Å². The normalized spacial score (nSPS) is 14.2. The molecule has 2 aromatic carbocycles. The highest BCUT2D eigenvalue weighted by atomic mass is 16.1. The Morgan fingerprint density at radius 3 is 2.91 bits per heavy atom. The maximum Gasteiger partial charge on any atom is 0.165 e. The Morgan fingerprint density at radius 2 is 1.96 bits per heavy atom. The van der Waals surface area contributed by atoms with E-state index in [2.05, 4.69) is 39.6 Å². The minimum Gasteiger partial charge on any atom is -0.382 e. The highest BCUT2D eigenvalue weighted by Gasteiger charge is 2.22. The topological polar surface area (TPSA) is 60.7 Å². The molecule has 0 bridgehead atoms. The fourth-order valence-corrected chi connectivity index (χ4v) is 3.52. The van der Waals surface area contributed by atoms with Gasteiger partial charge in [-0.3, -0.25) is 4.79 Å². The first-order chi connectivity index (χ1) is 11.3. The van der Waals surface area contributed by atoms with E-state index in [4.69, 9.17) is 0 Å². The van der Waals surface area contributed by atoms with Crippen LogP contribution in [0, 0.1) is 0 Å². The van der Waals surface area contributed by atoms with Crippen LogP contribution < -0.4 is 5.32 Å². The van der Waals surface area contributed by atoms with E-state index in [1.807, 2.05) is 24.4 Å². The number of fused-ring (bicyclic) bond motifs is 1. The molecule has 0 atom stereocenters. The van der Waals surface area contributed by atoms with Crippen molar-refractivity contribution < 1.29 is 4.79 Å². The molecular formula is C19H15N3O. The lowest BCUT2D eigenvalue weighted by Crippen LogP contribution is -2.05. The van der Waals surface area contributed by atoms with Crippen LogP contribution in [0.15, 0.2) is 48.7 Å². The van der Waals surface area contributed by atoms with Crippen molar-refractivity contribution in [3.8, 4) is 11.3 Å². The van der Waals surface area contributed by atoms with E-state index in [0.29, 0.717) is 13.0 Å². The number of carbonyl (C=O) groups excluding carboxylic acids is 1. The van der Waals surface area contributed by atoms with Crippen LogP contribution in [0.3, 0.4) is 0 Å². The molecule has 0 amide bonds. The zero-order chi connectivity index (χ0) is 15.4. The van der Waals surface area contributed by atoms with Gasteiger partial charge in [0.25, 0.3) is 0 Å². The second-order valence-electron chi connectivity index (χ2n) is 5.98. The number of hydrogen-bond donors (Lipinski definition) is 3. The van der Waals surface area contributed by atoms with Crippen molar-refractivity contribution in [2.24, 2.45) is 0 Å². The molecule has 4 heteroatoms. The molecule has 5 rings (SSSR count). The van der Waals surface area contributed by atoms with Crippen LogP contribution in [0.5, 0.6) is 0 Å². The molecule has 23 heavy (non-hydrogen) atoms. The van der Waals surface area contributed by atoms with Gasteiger partial charge in [-0.25, -0.2) is 0 Å². The molecule has 2 aromatic heterocycles. The number of aromatic nitrogens is 2. The molecule has 0 radical (unpaired) electrons. The number of hydrogen-bond acceptors (Lipinski definition) is 2. The summed E-state index contributed by atoms with van der Waals surface area (Å²) in [6, 6.07) is 14.3. The molecule has 0 saturated heterocycles. The predicted octanol–water partition coefficient (Wildman–Crippen LogP) is 4.31. The molecule has 1 aliphatic rings. The molecule has 3 N–H and O–H groups in total. The molecule has 0 aliphatic carbocycles. The highest BCUT2D eigenvalue weighted by Crippen LogP contribution is 2.39. The van der Waals surface area contributed by atoms with E-state index in [9.17, 15) is 4.79 Å². The van der Waals surface area contributed by atoms with Gasteiger partial charge in [0.15, 0.2) is 5.78 Å². The number of ketones is 1.